The number of halogens is 5. The fraction of sp³-hybridized carbons (Fsp3) is 0.462. The van der Waals surface area contributed by atoms with E-state index in [-0.39, 0.29) is 25.2 Å². The third-order valence-electron chi connectivity index (χ3n) is 3.46. The van der Waals surface area contributed by atoms with Crippen LogP contribution in [0.4, 0.5) is 17.6 Å². The molecule has 2 rings (SSSR count). The number of benzene rings is 1. The molecule has 1 aromatic rings. The van der Waals surface area contributed by atoms with Crippen LogP contribution in [0.15, 0.2) is 18.2 Å². The molecule has 22 heavy (non-hydrogen) atoms. The van der Waals surface area contributed by atoms with Crippen molar-refractivity contribution in [3.8, 4) is 5.75 Å². The van der Waals surface area contributed by atoms with Crippen molar-refractivity contribution in [3.63, 3.8) is 0 Å². The highest BCUT2D eigenvalue weighted by atomic mass is 35.5. The van der Waals surface area contributed by atoms with Crippen LogP contribution < -0.4 is 10.5 Å². The smallest absolute Gasteiger partial charge is 0.403 e. The minimum atomic E-state index is -5.06. The van der Waals surface area contributed by atoms with E-state index in [4.69, 9.17) is 5.73 Å². The topological polar surface area (TPSA) is 72.6 Å². The number of ketones is 1. The van der Waals surface area contributed by atoms with E-state index < -0.39 is 40.9 Å². The number of aliphatic hydroxyl groups is 1. The summed E-state index contributed by atoms with van der Waals surface area (Å²) in [5, 5.41) is 9.56. The molecule has 0 saturated heterocycles. The second kappa shape index (κ2) is 6.39. The summed E-state index contributed by atoms with van der Waals surface area (Å²) in [4.78, 5) is 12.0. The largest absolute Gasteiger partial charge is 0.573 e. The van der Waals surface area contributed by atoms with Crippen LogP contribution in [-0.4, -0.2) is 23.4 Å². The molecule has 0 heterocycles. The first-order chi connectivity index (χ1) is 9.65. The predicted molar refractivity (Wildman–Crippen MR) is 71.1 cm³/mol. The van der Waals surface area contributed by atoms with Gasteiger partial charge in [-0.15, -0.1) is 25.6 Å². The second-order valence-corrected chi connectivity index (χ2v) is 4.91. The summed E-state index contributed by atoms with van der Waals surface area (Å²) >= 11 is 0. The quantitative estimate of drug-likeness (QED) is 0.809. The van der Waals surface area contributed by atoms with E-state index in [0.29, 0.717) is 6.42 Å². The van der Waals surface area contributed by atoms with Crippen molar-refractivity contribution in [3.05, 3.63) is 29.6 Å². The molecule has 1 aromatic carbocycles. The Hall–Kier alpha value is -1.38. The molecule has 1 saturated carbocycles. The molecular weight excluding hydrogens is 330 g/mol. The summed E-state index contributed by atoms with van der Waals surface area (Å²) < 4.78 is 54.4. The van der Waals surface area contributed by atoms with Gasteiger partial charge in [0, 0.05) is 5.56 Å². The van der Waals surface area contributed by atoms with Gasteiger partial charge in [-0.25, -0.2) is 4.39 Å². The van der Waals surface area contributed by atoms with Gasteiger partial charge in [-0.05, 0) is 25.3 Å². The lowest BCUT2D eigenvalue weighted by Gasteiger charge is -2.35. The molecule has 1 aliphatic carbocycles. The summed E-state index contributed by atoms with van der Waals surface area (Å²) in [6, 6.07) is 3.02. The van der Waals surface area contributed by atoms with Gasteiger partial charge in [0.2, 0.25) is 0 Å². The molecule has 1 aliphatic rings. The van der Waals surface area contributed by atoms with Crippen molar-refractivity contribution in [1.29, 1.82) is 0 Å². The lowest BCUT2D eigenvalue weighted by molar-refractivity contribution is -0.275. The van der Waals surface area contributed by atoms with Crippen molar-refractivity contribution in [2.75, 3.05) is 0 Å². The summed E-state index contributed by atoms with van der Waals surface area (Å²) in [6.07, 6.45) is -5.83. The average Bonchev–Trinajstić information content (AvgIpc) is 2.37. The van der Waals surface area contributed by atoms with Crippen molar-refractivity contribution in [1.82, 2.24) is 0 Å². The lowest BCUT2D eigenvalue weighted by atomic mass is 9.75. The Morgan fingerprint density at radius 1 is 1.36 bits per heavy atom. The highest BCUT2D eigenvalue weighted by Crippen LogP contribution is 2.37. The average molecular weight is 344 g/mol. The van der Waals surface area contributed by atoms with Gasteiger partial charge < -0.3 is 15.6 Å². The number of nitrogens with two attached hydrogens (primary N) is 1. The third-order valence-corrected chi connectivity index (χ3v) is 3.46. The van der Waals surface area contributed by atoms with Crippen molar-refractivity contribution >= 4 is 18.2 Å². The van der Waals surface area contributed by atoms with E-state index in [0.717, 1.165) is 18.2 Å². The van der Waals surface area contributed by atoms with Crippen LogP contribution >= 0.6 is 12.4 Å². The zero-order valence-electron chi connectivity index (χ0n) is 11.2. The van der Waals surface area contributed by atoms with Crippen LogP contribution in [0.2, 0.25) is 0 Å². The molecular formula is C13H14ClF4NO3. The number of alkyl halides is 3. The Morgan fingerprint density at radius 2 is 2.00 bits per heavy atom. The third kappa shape index (κ3) is 3.50. The number of rotatable bonds is 2. The number of carbonyl (C=O) groups excluding carboxylic acids is 1. The van der Waals surface area contributed by atoms with Gasteiger partial charge in [0.1, 0.15) is 11.6 Å². The lowest BCUT2D eigenvalue weighted by Crippen LogP contribution is -2.53. The SMILES string of the molecule is Cl.N[C@]1(c2cccc(OC(F)(F)F)c2F)CCC[C@H](O)C1=O. The molecule has 0 bridgehead atoms. The number of hydrogen-bond donors (Lipinski definition) is 2. The molecule has 3 N–H and O–H groups in total. The summed E-state index contributed by atoms with van der Waals surface area (Å²) in [5.74, 6) is -3.21. The normalized spacial score (nSPS) is 25.5. The molecule has 4 nitrogen and oxygen atoms in total. The van der Waals surface area contributed by atoms with Crippen LogP contribution in [0.5, 0.6) is 5.75 Å². The molecule has 0 amide bonds. The zero-order valence-corrected chi connectivity index (χ0v) is 12.0. The maximum atomic E-state index is 14.2. The highest BCUT2D eigenvalue weighted by Gasteiger charge is 2.45. The summed E-state index contributed by atoms with van der Waals surface area (Å²) in [6.45, 7) is 0. The molecule has 124 valence electrons. The Kier molecular flexibility index (Phi) is 5.42. The van der Waals surface area contributed by atoms with E-state index in [9.17, 15) is 27.5 Å². The molecule has 9 heteroatoms. The highest BCUT2D eigenvalue weighted by molar-refractivity contribution is 5.93. The van der Waals surface area contributed by atoms with E-state index in [2.05, 4.69) is 4.74 Å². The number of ether oxygens (including phenoxy) is 1. The summed E-state index contributed by atoms with van der Waals surface area (Å²) in [5.41, 5.74) is 3.60. The first-order valence-electron chi connectivity index (χ1n) is 6.21. The number of carbonyl (C=O) groups is 1. The molecule has 0 unspecified atom stereocenters. The van der Waals surface area contributed by atoms with E-state index in [1.807, 2.05) is 0 Å². The van der Waals surface area contributed by atoms with E-state index in [1.54, 1.807) is 0 Å². The maximum Gasteiger partial charge on any atom is 0.573 e. The first kappa shape index (κ1) is 18.7. The van der Waals surface area contributed by atoms with Crippen molar-refractivity contribution < 1.29 is 32.2 Å². The van der Waals surface area contributed by atoms with Crippen molar-refractivity contribution in [2.24, 2.45) is 5.73 Å². The van der Waals surface area contributed by atoms with Crippen LogP contribution in [0.1, 0.15) is 24.8 Å². The molecule has 1 fully saturated rings. The minimum absolute atomic E-state index is 0. The number of hydrogen-bond acceptors (Lipinski definition) is 4. The van der Waals surface area contributed by atoms with Crippen LogP contribution in [0.25, 0.3) is 0 Å². The second-order valence-electron chi connectivity index (χ2n) is 4.91. The Bertz CT molecular complexity index is 567. The fourth-order valence-corrected chi connectivity index (χ4v) is 2.45. The standard InChI is InChI=1S/C13H13F4NO3.ClH/c14-10-7(3-1-5-9(10)21-13(15,16)17)12(18)6-2-4-8(19)11(12)20;/h1,3,5,8,19H,2,4,6,18H2;1H/t8-,12-;/m0./s1. The zero-order chi connectivity index (χ0) is 15.8. The van der Waals surface area contributed by atoms with Crippen LogP contribution in [-0.2, 0) is 10.3 Å². The molecule has 2 atom stereocenters. The number of Topliss-reactive ketones (excluding diaryl/α,β-unsaturated/α-hetero) is 1. The van der Waals surface area contributed by atoms with Gasteiger partial charge in [0.15, 0.2) is 17.3 Å². The van der Waals surface area contributed by atoms with Gasteiger partial charge >= 0.3 is 6.36 Å². The van der Waals surface area contributed by atoms with Crippen LogP contribution in [0, 0.1) is 5.82 Å². The van der Waals surface area contributed by atoms with Gasteiger partial charge in [-0.2, -0.15) is 0 Å². The van der Waals surface area contributed by atoms with E-state index >= 15 is 0 Å². The molecule has 0 spiro atoms. The van der Waals surface area contributed by atoms with Gasteiger partial charge in [0.25, 0.3) is 0 Å². The van der Waals surface area contributed by atoms with Gasteiger partial charge in [0.05, 0.1) is 0 Å². The Morgan fingerprint density at radius 3 is 2.59 bits per heavy atom. The monoisotopic (exact) mass is 343 g/mol. The molecule has 0 aliphatic heterocycles. The van der Waals surface area contributed by atoms with E-state index in [1.165, 1.54) is 0 Å². The van der Waals surface area contributed by atoms with Gasteiger partial charge in [-0.3, -0.25) is 4.79 Å². The molecule has 0 aromatic heterocycles. The van der Waals surface area contributed by atoms with Gasteiger partial charge in [-0.1, -0.05) is 12.1 Å². The van der Waals surface area contributed by atoms with Crippen molar-refractivity contribution in [2.45, 2.75) is 37.3 Å². The first-order valence-corrected chi connectivity index (χ1v) is 6.21. The summed E-state index contributed by atoms with van der Waals surface area (Å²) in [7, 11) is 0. The minimum Gasteiger partial charge on any atom is -0.403 e. The Labute approximate surface area is 129 Å². The maximum absolute atomic E-state index is 14.2. The Balaban J connectivity index is 0.00000242. The number of aliphatic hydroxyl groups excluding tert-OH is 1. The molecule has 0 radical (unpaired) electrons. The van der Waals surface area contributed by atoms with Crippen LogP contribution in [0.3, 0.4) is 0 Å². The predicted octanol–water partition coefficient (Wildman–Crippen LogP) is 2.41. The fourth-order valence-electron chi connectivity index (χ4n) is 2.45.